The van der Waals surface area contributed by atoms with Gasteiger partial charge in [-0.1, -0.05) is 24.3 Å². The molecule has 1 heterocycles. The molecule has 3 rings (SSSR count). The van der Waals surface area contributed by atoms with Crippen LogP contribution in [0, 0.1) is 0 Å². The second-order valence-corrected chi connectivity index (χ2v) is 7.18. The summed E-state index contributed by atoms with van der Waals surface area (Å²) in [5.41, 5.74) is 8.37. The van der Waals surface area contributed by atoms with Crippen molar-refractivity contribution >= 4 is 17.5 Å². The van der Waals surface area contributed by atoms with Gasteiger partial charge in [0, 0.05) is 50.0 Å². The summed E-state index contributed by atoms with van der Waals surface area (Å²) in [6.07, 6.45) is 8.48. The number of anilines is 2. The van der Waals surface area contributed by atoms with E-state index in [1.807, 2.05) is 6.20 Å². The molecule has 1 atom stereocenters. The highest BCUT2D eigenvalue weighted by atomic mass is 15.5. The third-order valence-electron chi connectivity index (χ3n) is 5.61. The molecule has 1 aliphatic rings. The van der Waals surface area contributed by atoms with Crippen molar-refractivity contribution < 1.29 is 0 Å². The molecule has 29 heavy (non-hydrogen) atoms. The number of benzene rings is 2. The van der Waals surface area contributed by atoms with E-state index in [4.69, 9.17) is 0 Å². The van der Waals surface area contributed by atoms with Crippen LogP contribution in [0.4, 0.5) is 11.4 Å². The average Bonchev–Trinajstić information content (AvgIpc) is 3.24. The van der Waals surface area contributed by atoms with Gasteiger partial charge in [-0.25, -0.2) is 0 Å². The van der Waals surface area contributed by atoms with Gasteiger partial charge >= 0.3 is 0 Å². The first-order chi connectivity index (χ1) is 14.2. The van der Waals surface area contributed by atoms with Gasteiger partial charge in [0.2, 0.25) is 0 Å². The van der Waals surface area contributed by atoms with Crippen molar-refractivity contribution in [3.8, 4) is 0 Å². The van der Waals surface area contributed by atoms with E-state index in [1.165, 1.54) is 22.5 Å². The van der Waals surface area contributed by atoms with Crippen molar-refractivity contribution in [2.45, 2.75) is 33.7 Å². The normalized spacial score (nSPS) is 15.7. The molecular weight excluding hydrogens is 356 g/mol. The fourth-order valence-corrected chi connectivity index (χ4v) is 3.82. The molecule has 0 radical (unpaired) electrons. The van der Waals surface area contributed by atoms with E-state index < -0.39 is 0 Å². The van der Waals surface area contributed by atoms with Crippen molar-refractivity contribution in [1.29, 1.82) is 0 Å². The monoisotopic (exact) mass is 390 g/mol. The van der Waals surface area contributed by atoms with Gasteiger partial charge < -0.3 is 15.2 Å². The minimum Gasteiger partial charge on any atom is -0.372 e. The van der Waals surface area contributed by atoms with E-state index in [1.54, 1.807) is 0 Å². The lowest BCUT2D eigenvalue weighted by molar-refractivity contribution is 0.298. The highest BCUT2D eigenvalue weighted by Crippen LogP contribution is 2.27. The standard InChI is InChI=1S/C25H34N4/c1-5-27(6-2)23-13-9-21(10-14-23)18-20-29-25(17-19-26-29)22-11-15-24(16-12-22)28(7-3)8-4/h9-20,25-26H,5-8H2,1-4H3. The van der Waals surface area contributed by atoms with Crippen LogP contribution in [0.5, 0.6) is 0 Å². The largest absolute Gasteiger partial charge is 0.372 e. The Morgan fingerprint density at radius 3 is 1.83 bits per heavy atom. The number of hydrogen-bond donors (Lipinski definition) is 1. The van der Waals surface area contributed by atoms with Gasteiger partial charge in [-0.3, -0.25) is 5.01 Å². The van der Waals surface area contributed by atoms with Crippen LogP contribution in [0.1, 0.15) is 44.9 Å². The van der Waals surface area contributed by atoms with Gasteiger partial charge in [-0.15, -0.1) is 0 Å². The van der Waals surface area contributed by atoms with E-state index in [0.717, 1.165) is 26.2 Å². The topological polar surface area (TPSA) is 21.8 Å². The molecule has 4 nitrogen and oxygen atoms in total. The summed E-state index contributed by atoms with van der Waals surface area (Å²) >= 11 is 0. The molecule has 1 N–H and O–H groups in total. The summed E-state index contributed by atoms with van der Waals surface area (Å²) in [6, 6.07) is 17.9. The van der Waals surface area contributed by atoms with Crippen molar-refractivity contribution in [1.82, 2.24) is 10.4 Å². The predicted octanol–water partition coefficient (Wildman–Crippen LogP) is 5.42. The molecule has 2 aromatic rings. The Balaban J connectivity index is 1.68. The van der Waals surface area contributed by atoms with E-state index >= 15 is 0 Å². The Bertz CT molecular complexity index is 800. The summed E-state index contributed by atoms with van der Waals surface area (Å²) < 4.78 is 0. The molecule has 1 aliphatic heterocycles. The van der Waals surface area contributed by atoms with Gasteiger partial charge in [0.25, 0.3) is 0 Å². The van der Waals surface area contributed by atoms with Crippen LogP contribution in [-0.4, -0.2) is 31.2 Å². The smallest absolute Gasteiger partial charge is 0.0945 e. The van der Waals surface area contributed by atoms with Crippen molar-refractivity contribution in [3.63, 3.8) is 0 Å². The SMILES string of the molecule is CCN(CC)c1ccc(C=CN2NC=CC2c2ccc(N(CC)CC)cc2)cc1. The van der Waals surface area contributed by atoms with E-state index in [9.17, 15) is 0 Å². The van der Waals surface area contributed by atoms with Gasteiger partial charge in [0.05, 0.1) is 6.04 Å². The van der Waals surface area contributed by atoms with E-state index in [-0.39, 0.29) is 6.04 Å². The van der Waals surface area contributed by atoms with Crippen LogP contribution < -0.4 is 15.2 Å². The Morgan fingerprint density at radius 2 is 1.31 bits per heavy atom. The number of nitrogens with one attached hydrogen (secondary N) is 1. The van der Waals surface area contributed by atoms with Crippen LogP contribution in [0.25, 0.3) is 6.08 Å². The second kappa shape index (κ2) is 10.1. The zero-order valence-electron chi connectivity index (χ0n) is 18.2. The van der Waals surface area contributed by atoms with Crippen LogP contribution >= 0.6 is 0 Å². The molecule has 0 spiro atoms. The third-order valence-corrected chi connectivity index (χ3v) is 5.61. The maximum Gasteiger partial charge on any atom is 0.0945 e. The predicted molar refractivity (Wildman–Crippen MR) is 126 cm³/mol. The lowest BCUT2D eigenvalue weighted by Crippen LogP contribution is -2.27. The number of rotatable bonds is 9. The third kappa shape index (κ3) is 4.94. The Hall–Kier alpha value is -2.88. The van der Waals surface area contributed by atoms with Crippen LogP contribution in [0.15, 0.2) is 67.0 Å². The molecular formula is C25H34N4. The lowest BCUT2D eigenvalue weighted by atomic mass is 10.1. The van der Waals surface area contributed by atoms with Crippen molar-refractivity contribution in [2.24, 2.45) is 0 Å². The molecule has 0 aliphatic carbocycles. The number of hydrazine groups is 1. The summed E-state index contributed by atoms with van der Waals surface area (Å²) in [4.78, 5) is 4.73. The summed E-state index contributed by atoms with van der Waals surface area (Å²) in [5, 5.41) is 2.14. The first kappa shape index (κ1) is 20.8. The molecule has 1 unspecified atom stereocenters. The first-order valence-electron chi connectivity index (χ1n) is 10.8. The van der Waals surface area contributed by atoms with Gasteiger partial charge in [-0.2, -0.15) is 0 Å². The first-order valence-corrected chi connectivity index (χ1v) is 10.8. The fraction of sp³-hybridized carbons (Fsp3) is 0.360. The lowest BCUT2D eigenvalue weighted by Gasteiger charge is -2.25. The molecule has 2 aromatic carbocycles. The quantitative estimate of drug-likeness (QED) is 0.617. The maximum atomic E-state index is 3.33. The number of hydrogen-bond acceptors (Lipinski definition) is 4. The van der Waals surface area contributed by atoms with Crippen LogP contribution in [-0.2, 0) is 0 Å². The molecule has 154 valence electrons. The second-order valence-electron chi connectivity index (χ2n) is 7.18. The minimum atomic E-state index is 0.201. The average molecular weight is 391 g/mol. The summed E-state index contributed by atoms with van der Waals surface area (Å²) in [6.45, 7) is 12.9. The highest BCUT2D eigenvalue weighted by molar-refractivity contribution is 5.56. The fourth-order valence-electron chi connectivity index (χ4n) is 3.82. The molecule has 0 fully saturated rings. The van der Waals surface area contributed by atoms with Crippen LogP contribution in [0.3, 0.4) is 0 Å². The van der Waals surface area contributed by atoms with Crippen LogP contribution in [0.2, 0.25) is 0 Å². The Kier molecular flexibility index (Phi) is 7.23. The molecule has 0 bridgehead atoms. The van der Waals surface area contributed by atoms with Crippen molar-refractivity contribution in [3.05, 3.63) is 78.1 Å². The minimum absolute atomic E-state index is 0.201. The van der Waals surface area contributed by atoms with Gasteiger partial charge in [0.1, 0.15) is 0 Å². The summed E-state index contributed by atoms with van der Waals surface area (Å²) in [5.74, 6) is 0. The molecule has 0 saturated heterocycles. The Morgan fingerprint density at radius 1 is 0.793 bits per heavy atom. The highest BCUT2D eigenvalue weighted by Gasteiger charge is 2.18. The van der Waals surface area contributed by atoms with Crippen molar-refractivity contribution in [2.75, 3.05) is 36.0 Å². The van der Waals surface area contributed by atoms with Gasteiger partial charge in [-0.05, 0) is 75.2 Å². The maximum absolute atomic E-state index is 3.33. The van der Waals surface area contributed by atoms with E-state index in [2.05, 4.69) is 115 Å². The van der Waals surface area contributed by atoms with E-state index in [0.29, 0.717) is 0 Å². The van der Waals surface area contributed by atoms with Gasteiger partial charge in [0.15, 0.2) is 0 Å². The molecule has 0 amide bonds. The zero-order valence-corrected chi connectivity index (χ0v) is 18.2. The zero-order chi connectivity index (χ0) is 20.6. The number of nitrogens with zero attached hydrogens (tertiary/aromatic N) is 3. The molecule has 0 aromatic heterocycles. The molecule has 0 saturated carbocycles. The Labute approximate surface area is 176 Å². The summed E-state index contributed by atoms with van der Waals surface area (Å²) in [7, 11) is 0. The molecule has 4 heteroatoms.